The molecule has 1 saturated carbocycles. The van der Waals surface area contributed by atoms with E-state index >= 15 is 0 Å². The number of nitrogens with zero attached hydrogens (tertiary/aromatic N) is 1. The standard InChI is InChI=1S/C22H28FN3O.HI/c1-2-24-21(25-14-18(15-27)17-6-4-3-5-7-17)26-16-22(12-13-22)19-8-10-20(23)11-9-19;/h3-11,18,27H,2,12-16H2,1H3,(H2,24,25,26);1H. The fourth-order valence-corrected chi connectivity index (χ4v) is 3.30. The highest BCUT2D eigenvalue weighted by Gasteiger charge is 2.44. The summed E-state index contributed by atoms with van der Waals surface area (Å²) < 4.78 is 13.2. The number of halogens is 2. The fourth-order valence-electron chi connectivity index (χ4n) is 3.30. The minimum atomic E-state index is -0.205. The highest BCUT2D eigenvalue weighted by atomic mass is 127. The molecule has 2 aromatic rings. The molecule has 6 heteroatoms. The van der Waals surface area contributed by atoms with Gasteiger partial charge in [0, 0.05) is 24.4 Å². The zero-order chi connectivity index (χ0) is 19.1. The lowest BCUT2D eigenvalue weighted by Gasteiger charge is -2.19. The van der Waals surface area contributed by atoms with Crippen molar-refractivity contribution in [3.63, 3.8) is 0 Å². The Kier molecular flexibility index (Phi) is 8.69. The van der Waals surface area contributed by atoms with Crippen LogP contribution in [0.15, 0.2) is 59.6 Å². The molecule has 0 spiro atoms. The SMILES string of the molecule is CCNC(=NCC1(c2ccc(F)cc2)CC1)NCC(CO)c1ccccc1.I. The third-order valence-corrected chi connectivity index (χ3v) is 5.20. The summed E-state index contributed by atoms with van der Waals surface area (Å²) in [5.74, 6) is 0.561. The molecule has 2 aromatic carbocycles. The van der Waals surface area contributed by atoms with E-state index in [4.69, 9.17) is 4.99 Å². The number of benzene rings is 2. The summed E-state index contributed by atoms with van der Waals surface area (Å²) in [6.45, 7) is 4.16. The van der Waals surface area contributed by atoms with Crippen LogP contribution in [0.25, 0.3) is 0 Å². The van der Waals surface area contributed by atoms with Crippen LogP contribution in [0, 0.1) is 5.82 Å². The largest absolute Gasteiger partial charge is 0.396 e. The molecule has 0 saturated heterocycles. The monoisotopic (exact) mass is 497 g/mol. The summed E-state index contributed by atoms with van der Waals surface area (Å²) >= 11 is 0. The van der Waals surface area contributed by atoms with E-state index < -0.39 is 0 Å². The second-order valence-corrected chi connectivity index (χ2v) is 7.15. The van der Waals surface area contributed by atoms with Crippen LogP contribution in [0.5, 0.6) is 0 Å². The molecule has 152 valence electrons. The molecule has 1 aliphatic rings. The average Bonchev–Trinajstić information content (AvgIpc) is 3.49. The summed E-state index contributed by atoms with van der Waals surface area (Å²) in [4.78, 5) is 4.77. The van der Waals surface area contributed by atoms with Crippen LogP contribution in [0.3, 0.4) is 0 Å². The van der Waals surface area contributed by atoms with Crippen molar-refractivity contribution in [3.8, 4) is 0 Å². The first-order valence-corrected chi connectivity index (χ1v) is 9.61. The average molecular weight is 497 g/mol. The molecule has 1 atom stereocenters. The van der Waals surface area contributed by atoms with E-state index in [2.05, 4.69) is 10.6 Å². The van der Waals surface area contributed by atoms with Gasteiger partial charge in [0.05, 0.1) is 13.2 Å². The predicted molar refractivity (Wildman–Crippen MR) is 123 cm³/mol. The van der Waals surface area contributed by atoms with Gasteiger partial charge >= 0.3 is 0 Å². The number of aliphatic hydroxyl groups is 1. The number of hydrogen-bond donors (Lipinski definition) is 3. The number of rotatable bonds is 8. The van der Waals surface area contributed by atoms with E-state index in [9.17, 15) is 9.50 Å². The van der Waals surface area contributed by atoms with Crippen molar-refractivity contribution < 1.29 is 9.50 Å². The van der Waals surface area contributed by atoms with Gasteiger partial charge in [0.2, 0.25) is 0 Å². The van der Waals surface area contributed by atoms with Gasteiger partial charge in [-0.2, -0.15) is 0 Å². The number of guanidine groups is 1. The first kappa shape index (κ1) is 22.6. The highest BCUT2D eigenvalue weighted by molar-refractivity contribution is 14.0. The van der Waals surface area contributed by atoms with Crippen molar-refractivity contribution in [2.24, 2.45) is 4.99 Å². The van der Waals surface area contributed by atoms with Crippen molar-refractivity contribution in [1.29, 1.82) is 0 Å². The molecule has 0 heterocycles. The Morgan fingerprint density at radius 2 is 1.79 bits per heavy atom. The minimum Gasteiger partial charge on any atom is -0.396 e. The first-order valence-electron chi connectivity index (χ1n) is 9.61. The molecule has 0 amide bonds. The lowest BCUT2D eigenvalue weighted by Crippen LogP contribution is -2.40. The van der Waals surface area contributed by atoms with Gasteiger partial charge in [0.1, 0.15) is 5.82 Å². The van der Waals surface area contributed by atoms with Crippen molar-refractivity contribution in [2.75, 3.05) is 26.2 Å². The molecule has 0 bridgehead atoms. The van der Waals surface area contributed by atoms with Gasteiger partial charge in [0.25, 0.3) is 0 Å². The summed E-state index contributed by atoms with van der Waals surface area (Å²) in [6.07, 6.45) is 2.15. The van der Waals surface area contributed by atoms with Crippen molar-refractivity contribution >= 4 is 29.9 Å². The Morgan fingerprint density at radius 3 is 2.36 bits per heavy atom. The summed E-state index contributed by atoms with van der Waals surface area (Å²) in [5.41, 5.74) is 2.29. The first-order chi connectivity index (χ1) is 13.2. The topological polar surface area (TPSA) is 56.7 Å². The third-order valence-electron chi connectivity index (χ3n) is 5.20. The van der Waals surface area contributed by atoms with Crippen molar-refractivity contribution in [1.82, 2.24) is 10.6 Å². The molecular formula is C22H29FIN3O. The summed E-state index contributed by atoms with van der Waals surface area (Å²) in [7, 11) is 0. The molecule has 3 N–H and O–H groups in total. The van der Waals surface area contributed by atoms with Crippen molar-refractivity contribution in [2.45, 2.75) is 31.1 Å². The van der Waals surface area contributed by atoms with Crippen molar-refractivity contribution in [3.05, 3.63) is 71.5 Å². The molecule has 1 unspecified atom stereocenters. The molecule has 0 radical (unpaired) electrons. The van der Waals surface area contributed by atoms with Crippen LogP contribution in [0.2, 0.25) is 0 Å². The Morgan fingerprint density at radius 1 is 1.11 bits per heavy atom. The molecule has 1 fully saturated rings. The Balaban J connectivity index is 0.00000280. The molecule has 1 aliphatic carbocycles. The van der Waals surface area contributed by atoms with Gasteiger partial charge in [-0.1, -0.05) is 42.5 Å². The maximum Gasteiger partial charge on any atom is 0.191 e. The van der Waals surface area contributed by atoms with E-state index in [1.54, 1.807) is 0 Å². The van der Waals surface area contributed by atoms with E-state index in [0.717, 1.165) is 36.5 Å². The Bertz CT molecular complexity index is 748. The molecule has 4 nitrogen and oxygen atoms in total. The van der Waals surface area contributed by atoms with Crippen LogP contribution < -0.4 is 10.6 Å². The number of aliphatic hydroxyl groups excluding tert-OH is 1. The second-order valence-electron chi connectivity index (χ2n) is 7.15. The predicted octanol–water partition coefficient (Wildman–Crippen LogP) is 3.81. The Labute approximate surface area is 183 Å². The van der Waals surface area contributed by atoms with Crippen LogP contribution in [0.4, 0.5) is 4.39 Å². The zero-order valence-electron chi connectivity index (χ0n) is 16.2. The lowest BCUT2D eigenvalue weighted by molar-refractivity contribution is 0.265. The second kappa shape index (κ2) is 10.8. The molecule has 28 heavy (non-hydrogen) atoms. The maximum atomic E-state index is 13.2. The van der Waals surface area contributed by atoms with E-state index in [1.165, 1.54) is 12.1 Å². The third kappa shape index (κ3) is 5.91. The number of nitrogens with one attached hydrogen (secondary N) is 2. The van der Waals surface area contributed by atoms with Crippen LogP contribution in [-0.2, 0) is 5.41 Å². The molecule has 0 aliphatic heterocycles. The normalized spacial score (nSPS) is 16.0. The number of aliphatic imine (C=N–C) groups is 1. The van der Waals surface area contributed by atoms with Gasteiger partial charge < -0.3 is 15.7 Å². The smallest absolute Gasteiger partial charge is 0.191 e. The van der Waals surface area contributed by atoms with Gasteiger partial charge in [-0.05, 0) is 43.0 Å². The van der Waals surface area contributed by atoms with E-state index in [1.807, 2.05) is 49.4 Å². The van der Waals surface area contributed by atoms with Gasteiger partial charge in [-0.25, -0.2) is 4.39 Å². The Hall–Kier alpha value is -1.67. The van der Waals surface area contributed by atoms with Gasteiger partial charge in [-0.15, -0.1) is 24.0 Å². The quantitative estimate of drug-likeness (QED) is 0.296. The van der Waals surface area contributed by atoms with Gasteiger partial charge in [-0.3, -0.25) is 4.99 Å². The number of hydrogen-bond acceptors (Lipinski definition) is 2. The zero-order valence-corrected chi connectivity index (χ0v) is 18.5. The van der Waals surface area contributed by atoms with Crippen LogP contribution in [-0.4, -0.2) is 37.3 Å². The fraction of sp³-hybridized carbons (Fsp3) is 0.409. The molecular weight excluding hydrogens is 468 g/mol. The minimum absolute atomic E-state index is 0. The van der Waals surface area contributed by atoms with Crippen LogP contribution >= 0.6 is 24.0 Å². The lowest BCUT2D eigenvalue weighted by atomic mass is 9.96. The highest BCUT2D eigenvalue weighted by Crippen LogP contribution is 2.48. The molecule has 0 aromatic heterocycles. The summed E-state index contributed by atoms with van der Waals surface area (Å²) in [6, 6.07) is 16.8. The van der Waals surface area contributed by atoms with Crippen LogP contribution in [0.1, 0.15) is 36.8 Å². The molecule has 3 rings (SSSR count). The maximum absolute atomic E-state index is 13.2. The summed E-state index contributed by atoms with van der Waals surface area (Å²) in [5, 5.41) is 16.4. The van der Waals surface area contributed by atoms with E-state index in [-0.39, 0.29) is 47.7 Å². The van der Waals surface area contributed by atoms with E-state index in [0.29, 0.717) is 13.1 Å². The van der Waals surface area contributed by atoms with Gasteiger partial charge in [0.15, 0.2) is 5.96 Å².